The topological polar surface area (TPSA) is 38.9 Å². The minimum Gasteiger partial charge on any atom is -0.397 e. The third-order valence-electron chi connectivity index (χ3n) is 3.96. The molecule has 1 aromatic carbocycles. The Morgan fingerprint density at radius 2 is 1.91 bits per heavy atom. The molecular weight excluding hydrogens is 320 g/mol. The molecular formula is C19H16N2S2. The highest BCUT2D eigenvalue weighted by Crippen LogP contribution is 2.41. The van der Waals surface area contributed by atoms with Crippen molar-refractivity contribution in [3.8, 4) is 21.7 Å². The summed E-state index contributed by atoms with van der Waals surface area (Å²) in [6, 6.07) is 16.8. The first-order valence-corrected chi connectivity index (χ1v) is 9.28. The van der Waals surface area contributed by atoms with E-state index in [1.165, 1.54) is 20.9 Å². The molecule has 0 aliphatic rings. The van der Waals surface area contributed by atoms with Crippen LogP contribution in [0.1, 0.15) is 11.8 Å². The molecule has 0 saturated heterocycles. The number of anilines is 1. The molecule has 114 valence electrons. The van der Waals surface area contributed by atoms with Gasteiger partial charge in [0, 0.05) is 10.3 Å². The number of nitrogen functional groups attached to an aromatic ring is 1. The van der Waals surface area contributed by atoms with Crippen molar-refractivity contribution in [1.82, 2.24) is 4.98 Å². The summed E-state index contributed by atoms with van der Waals surface area (Å²) >= 11 is 3.43. The van der Waals surface area contributed by atoms with Crippen molar-refractivity contribution in [2.24, 2.45) is 0 Å². The number of nitrogens with two attached hydrogens (primary N) is 1. The van der Waals surface area contributed by atoms with Crippen molar-refractivity contribution in [3.05, 3.63) is 58.8 Å². The van der Waals surface area contributed by atoms with Crippen LogP contribution in [-0.4, -0.2) is 4.98 Å². The molecule has 0 spiro atoms. The van der Waals surface area contributed by atoms with Crippen LogP contribution in [0.3, 0.4) is 0 Å². The predicted octanol–water partition coefficient (Wildman–Crippen LogP) is 5.84. The number of rotatable bonds is 3. The van der Waals surface area contributed by atoms with Gasteiger partial charge in [-0.1, -0.05) is 43.3 Å². The molecule has 4 aromatic rings. The summed E-state index contributed by atoms with van der Waals surface area (Å²) in [6.07, 6.45) is 0.940. The van der Waals surface area contributed by atoms with E-state index < -0.39 is 0 Å². The molecule has 2 N–H and O–H groups in total. The number of fused-ring (bicyclic) bond motifs is 1. The number of hydrogen-bond donors (Lipinski definition) is 1. The Labute approximate surface area is 143 Å². The first-order valence-electron chi connectivity index (χ1n) is 7.59. The molecule has 0 bridgehead atoms. The van der Waals surface area contributed by atoms with Crippen molar-refractivity contribution in [1.29, 1.82) is 0 Å². The van der Waals surface area contributed by atoms with Gasteiger partial charge in [-0.3, -0.25) is 0 Å². The lowest BCUT2D eigenvalue weighted by Crippen LogP contribution is -1.91. The largest absolute Gasteiger partial charge is 0.397 e. The van der Waals surface area contributed by atoms with Crippen molar-refractivity contribution in [2.45, 2.75) is 13.3 Å². The zero-order valence-electron chi connectivity index (χ0n) is 12.7. The van der Waals surface area contributed by atoms with Gasteiger partial charge in [-0.05, 0) is 35.1 Å². The van der Waals surface area contributed by atoms with E-state index in [4.69, 9.17) is 10.7 Å². The number of pyridine rings is 1. The summed E-state index contributed by atoms with van der Waals surface area (Å²) in [7, 11) is 0. The molecule has 0 aliphatic carbocycles. The molecule has 0 aliphatic heterocycles. The average molecular weight is 336 g/mol. The fraction of sp³-hybridized carbons (Fsp3) is 0.105. The monoisotopic (exact) mass is 336 g/mol. The van der Waals surface area contributed by atoms with Gasteiger partial charge in [0.25, 0.3) is 0 Å². The molecule has 2 nitrogen and oxygen atoms in total. The summed E-state index contributed by atoms with van der Waals surface area (Å²) < 4.78 is 0. The third-order valence-corrected chi connectivity index (χ3v) is 6.09. The maximum absolute atomic E-state index is 6.43. The molecule has 0 saturated carbocycles. The van der Waals surface area contributed by atoms with Crippen LogP contribution in [0.25, 0.3) is 31.9 Å². The lowest BCUT2D eigenvalue weighted by molar-refractivity contribution is 1.19. The highest BCUT2D eigenvalue weighted by molar-refractivity contribution is 7.19. The van der Waals surface area contributed by atoms with Gasteiger partial charge in [0.15, 0.2) is 0 Å². The van der Waals surface area contributed by atoms with Crippen LogP contribution in [0.2, 0.25) is 0 Å². The molecule has 0 unspecified atom stereocenters. The second-order valence-corrected chi connectivity index (χ2v) is 7.40. The fourth-order valence-electron chi connectivity index (χ4n) is 2.83. The second-order valence-electron chi connectivity index (χ2n) is 5.37. The Bertz CT molecular complexity index is 954. The van der Waals surface area contributed by atoms with Gasteiger partial charge in [0.05, 0.1) is 16.3 Å². The van der Waals surface area contributed by atoms with E-state index in [0.29, 0.717) is 0 Å². The first-order chi connectivity index (χ1) is 11.3. The van der Waals surface area contributed by atoms with Crippen molar-refractivity contribution in [3.63, 3.8) is 0 Å². The van der Waals surface area contributed by atoms with Crippen LogP contribution in [0.15, 0.2) is 53.9 Å². The molecule has 0 amide bonds. The van der Waals surface area contributed by atoms with E-state index in [-0.39, 0.29) is 0 Å². The van der Waals surface area contributed by atoms with E-state index >= 15 is 0 Å². The van der Waals surface area contributed by atoms with Gasteiger partial charge in [-0.2, -0.15) is 0 Å². The standard InChI is InChI=1S/C19H16N2S2/c1-2-15-18(20)17-13(12-7-4-3-5-8-12)11-14(21-19(17)23-15)16-9-6-10-22-16/h3-11H,2,20H2,1H3. The van der Waals surface area contributed by atoms with Gasteiger partial charge >= 0.3 is 0 Å². The lowest BCUT2D eigenvalue weighted by atomic mass is 10.0. The third kappa shape index (κ3) is 2.44. The molecule has 4 heteroatoms. The number of aromatic nitrogens is 1. The minimum absolute atomic E-state index is 0.886. The summed E-state index contributed by atoms with van der Waals surface area (Å²) in [6.45, 7) is 2.14. The zero-order chi connectivity index (χ0) is 15.8. The summed E-state index contributed by atoms with van der Waals surface area (Å²) in [5.74, 6) is 0. The van der Waals surface area contributed by atoms with E-state index in [1.807, 2.05) is 6.07 Å². The molecule has 3 heterocycles. The predicted molar refractivity (Wildman–Crippen MR) is 102 cm³/mol. The van der Waals surface area contributed by atoms with Gasteiger partial charge < -0.3 is 5.73 Å². The fourth-order valence-corrected chi connectivity index (χ4v) is 4.57. The lowest BCUT2D eigenvalue weighted by Gasteiger charge is -2.07. The van der Waals surface area contributed by atoms with Crippen LogP contribution in [0.4, 0.5) is 5.69 Å². The molecule has 3 aromatic heterocycles. The average Bonchev–Trinajstić information content (AvgIpc) is 3.23. The molecule has 4 rings (SSSR count). The van der Waals surface area contributed by atoms with Crippen LogP contribution >= 0.6 is 22.7 Å². The summed E-state index contributed by atoms with van der Waals surface area (Å²) in [5, 5.41) is 3.18. The number of benzene rings is 1. The minimum atomic E-state index is 0.886. The molecule has 0 atom stereocenters. The molecule has 0 fully saturated rings. The van der Waals surface area contributed by atoms with Crippen LogP contribution in [-0.2, 0) is 6.42 Å². The maximum atomic E-state index is 6.43. The quantitative estimate of drug-likeness (QED) is 0.510. The van der Waals surface area contributed by atoms with Gasteiger partial charge in [-0.15, -0.1) is 22.7 Å². The van der Waals surface area contributed by atoms with Gasteiger partial charge in [-0.25, -0.2) is 4.98 Å². The number of hydrogen-bond acceptors (Lipinski definition) is 4. The van der Waals surface area contributed by atoms with Crippen LogP contribution in [0.5, 0.6) is 0 Å². The Morgan fingerprint density at radius 3 is 2.61 bits per heavy atom. The Balaban J connectivity index is 2.06. The van der Waals surface area contributed by atoms with Gasteiger partial charge in [0.1, 0.15) is 4.83 Å². The zero-order valence-corrected chi connectivity index (χ0v) is 14.4. The number of aryl methyl sites for hydroxylation is 1. The van der Waals surface area contributed by atoms with E-state index in [0.717, 1.165) is 28.0 Å². The smallest absolute Gasteiger partial charge is 0.127 e. The summed E-state index contributed by atoms with van der Waals surface area (Å²) in [5.41, 5.74) is 10.7. The SMILES string of the molecule is CCc1sc2nc(-c3cccs3)cc(-c3ccccc3)c2c1N. The normalized spacial score (nSPS) is 11.2. The Kier molecular flexibility index (Phi) is 3.63. The maximum Gasteiger partial charge on any atom is 0.127 e. The van der Waals surface area contributed by atoms with Crippen molar-refractivity contribution in [2.75, 3.05) is 5.73 Å². The molecule has 0 radical (unpaired) electrons. The second kappa shape index (κ2) is 5.80. The van der Waals surface area contributed by atoms with Crippen LogP contribution < -0.4 is 5.73 Å². The van der Waals surface area contributed by atoms with Crippen molar-refractivity contribution < 1.29 is 0 Å². The first kappa shape index (κ1) is 14.4. The Morgan fingerprint density at radius 1 is 1.09 bits per heavy atom. The summed E-state index contributed by atoms with van der Waals surface area (Å²) in [4.78, 5) is 8.32. The number of nitrogens with zero attached hydrogens (tertiary/aromatic N) is 1. The van der Waals surface area contributed by atoms with E-state index in [9.17, 15) is 0 Å². The van der Waals surface area contributed by atoms with Gasteiger partial charge in [0.2, 0.25) is 0 Å². The van der Waals surface area contributed by atoms with Crippen molar-refractivity contribution >= 4 is 38.6 Å². The van der Waals surface area contributed by atoms with Crippen LogP contribution in [0, 0.1) is 0 Å². The Hall–Kier alpha value is -2.17. The van der Waals surface area contributed by atoms with E-state index in [1.54, 1.807) is 22.7 Å². The highest BCUT2D eigenvalue weighted by Gasteiger charge is 2.17. The molecule has 23 heavy (non-hydrogen) atoms. The van der Waals surface area contributed by atoms with E-state index in [2.05, 4.69) is 54.8 Å². The number of thiophene rings is 2. The highest BCUT2D eigenvalue weighted by atomic mass is 32.1.